The predicted molar refractivity (Wildman–Crippen MR) is 123 cm³/mol. The van der Waals surface area contributed by atoms with Crippen molar-refractivity contribution in [2.45, 2.75) is 70.4 Å². The van der Waals surface area contributed by atoms with Gasteiger partial charge in [-0.15, -0.1) is 0 Å². The first kappa shape index (κ1) is 26.4. The second-order valence-electron chi connectivity index (χ2n) is 8.42. The van der Waals surface area contributed by atoms with Gasteiger partial charge < -0.3 is 19.7 Å². The number of halogens is 2. The number of ether oxygens (including phenoxy) is 2. The molecule has 2 rings (SSSR count). The van der Waals surface area contributed by atoms with Gasteiger partial charge in [-0.25, -0.2) is 4.39 Å². The molecule has 1 aromatic carbocycles. The van der Waals surface area contributed by atoms with Gasteiger partial charge in [-0.1, -0.05) is 42.0 Å². The van der Waals surface area contributed by atoms with Gasteiger partial charge in [0, 0.05) is 23.8 Å². The number of hydrogen-bond acceptors (Lipinski definition) is 5. The minimum absolute atomic E-state index is 0.106. The Morgan fingerprint density at radius 2 is 2.06 bits per heavy atom. The number of unbranched alkanes of at least 4 members (excludes halogenated alkanes) is 1. The first-order valence-corrected chi connectivity index (χ1v) is 11.6. The van der Waals surface area contributed by atoms with Gasteiger partial charge in [0.1, 0.15) is 12.4 Å². The maximum Gasteiger partial charge on any atom is 0.306 e. The Morgan fingerprint density at radius 3 is 2.78 bits per heavy atom. The minimum atomic E-state index is -1.35. The van der Waals surface area contributed by atoms with Crippen LogP contribution in [-0.2, 0) is 9.53 Å². The van der Waals surface area contributed by atoms with E-state index in [0.29, 0.717) is 30.0 Å². The van der Waals surface area contributed by atoms with Crippen LogP contribution in [-0.4, -0.2) is 47.3 Å². The number of benzene rings is 1. The van der Waals surface area contributed by atoms with Crippen molar-refractivity contribution in [3.63, 3.8) is 0 Å². The van der Waals surface area contributed by atoms with Crippen molar-refractivity contribution < 1.29 is 28.9 Å². The van der Waals surface area contributed by atoms with Crippen molar-refractivity contribution in [1.82, 2.24) is 0 Å². The Kier molecular flexibility index (Phi) is 11.2. The van der Waals surface area contributed by atoms with Crippen LogP contribution in [0.25, 0.3) is 0 Å². The summed E-state index contributed by atoms with van der Waals surface area (Å²) in [6.45, 7) is 3.48. The van der Waals surface area contributed by atoms with Crippen LogP contribution in [0, 0.1) is 11.8 Å². The number of hydrogen-bond donors (Lipinski definition) is 2. The lowest BCUT2D eigenvalue weighted by atomic mass is 9.89. The number of aliphatic hydroxyl groups is 2. The summed E-state index contributed by atoms with van der Waals surface area (Å²) in [7, 11) is 0. The van der Waals surface area contributed by atoms with Gasteiger partial charge in [-0.3, -0.25) is 4.79 Å². The number of carbonyl (C=O) groups is 1. The first-order valence-electron chi connectivity index (χ1n) is 11.2. The maximum atomic E-state index is 14.3. The van der Waals surface area contributed by atoms with Crippen LogP contribution in [0.2, 0.25) is 5.02 Å². The van der Waals surface area contributed by atoms with E-state index < -0.39 is 18.4 Å². The van der Waals surface area contributed by atoms with Crippen molar-refractivity contribution in [2.24, 2.45) is 11.8 Å². The number of esters is 1. The van der Waals surface area contributed by atoms with Gasteiger partial charge in [0.05, 0.1) is 18.3 Å². The number of rotatable bonds is 12. The summed E-state index contributed by atoms with van der Waals surface area (Å²) in [5, 5.41) is 21.1. The zero-order valence-corrected chi connectivity index (χ0v) is 19.5. The fraction of sp³-hybridized carbons (Fsp3) is 0.560. The van der Waals surface area contributed by atoms with Gasteiger partial charge in [0.25, 0.3) is 0 Å². The van der Waals surface area contributed by atoms with Crippen LogP contribution in [0.15, 0.2) is 48.6 Å². The molecule has 0 unspecified atom stereocenters. The molecular weight excluding hydrogens is 435 g/mol. The SMILES string of the molecule is CC(C)OC(=O)CCC/C=C\C[C@@H]1[C@@H](/C=C/[C@H](F)COc2cccc(Cl)c2)[C@H](O)C[C@@H]1O. The van der Waals surface area contributed by atoms with E-state index in [-0.39, 0.29) is 36.9 Å². The summed E-state index contributed by atoms with van der Waals surface area (Å²) in [6.07, 6.45) is 6.76. The van der Waals surface area contributed by atoms with E-state index >= 15 is 0 Å². The predicted octanol–water partition coefficient (Wildman–Crippen LogP) is 5.04. The van der Waals surface area contributed by atoms with Crippen molar-refractivity contribution in [2.75, 3.05) is 6.61 Å². The topological polar surface area (TPSA) is 76.0 Å². The molecular formula is C25H34ClFO5. The average Bonchev–Trinajstić information content (AvgIpc) is 2.99. The Morgan fingerprint density at radius 1 is 1.28 bits per heavy atom. The Balaban J connectivity index is 1.78. The molecule has 0 aliphatic heterocycles. The second kappa shape index (κ2) is 13.6. The molecule has 0 amide bonds. The van der Waals surface area contributed by atoms with E-state index in [0.717, 1.165) is 6.42 Å². The first-order chi connectivity index (χ1) is 15.3. The number of carbonyl (C=O) groups excluding carboxylic acids is 1. The molecule has 1 saturated carbocycles. The third kappa shape index (κ3) is 9.31. The van der Waals surface area contributed by atoms with Crippen LogP contribution in [0.1, 0.15) is 46.0 Å². The van der Waals surface area contributed by atoms with E-state index in [1.54, 1.807) is 30.3 Å². The number of allylic oxidation sites excluding steroid dienone is 2. The van der Waals surface area contributed by atoms with Crippen molar-refractivity contribution in [1.29, 1.82) is 0 Å². The molecule has 1 aliphatic rings. The van der Waals surface area contributed by atoms with Crippen LogP contribution >= 0.6 is 11.6 Å². The highest BCUT2D eigenvalue weighted by Crippen LogP contribution is 2.36. The quantitative estimate of drug-likeness (QED) is 0.255. The van der Waals surface area contributed by atoms with Gasteiger partial charge in [0.15, 0.2) is 6.17 Å². The minimum Gasteiger partial charge on any atom is -0.490 e. The molecule has 1 fully saturated rings. The third-order valence-corrected chi connectivity index (χ3v) is 5.59. The summed E-state index contributed by atoms with van der Waals surface area (Å²) in [5.41, 5.74) is 0. The highest BCUT2D eigenvalue weighted by atomic mass is 35.5. The number of alkyl halides is 1. The number of aliphatic hydroxyl groups excluding tert-OH is 2. The molecule has 0 spiro atoms. The van der Waals surface area contributed by atoms with Gasteiger partial charge in [-0.2, -0.15) is 0 Å². The van der Waals surface area contributed by atoms with E-state index in [1.165, 1.54) is 6.08 Å². The largest absolute Gasteiger partial charge is 0.490 e. The van der Waals surface area contributed by atoms with Gasteiger partial charge in [-0.05, 0) is 57.2 Å². The molecule has 0 saturated heterocycles. The van der Waals surface area contributed by atoms with Crippen LogP contribution in [0.5, 0.6) is 5.75 Å². The monoisotopic (exact) mass is 468 g/mol. The van der Waals surface area contributed by atoms with Crippen LogP contribution < -0.4 is 4.74 Å². The Labute approximate surface area is 194 Å². The normalized spacial score (nSPS) is 24.5. The summed E-state index contributed by atoms with van der Waals surface area (Å²) in [6, 6.07) is 6.76. The summed E-state index contributed by atoms with van der Waals surface area (Å²) >= 11 is 5.89. The Hall–Kier alpha value is -1.89. The lowest BCUT2D eigenvalue weighted by molar-refractivity contribution is -0.147. The van der Waals surface area contributed by atoms with Gasteiger partial charge >= 0.3 is 5.97 Å². The molecule has 0 bridgehead atoms. The molecule has 5 atom stereocenters. The average molecular weight is 469 g/mol. The van der Waals surface area contributed by atoms with E-state index in [2.05, 4.69) is 0 Å². The smallest absolute Gasteiger partial charge is 0.306 e. The lowest BCUT2D eigenvalue weighted by Crippen LogP contribution is -2.20. The van der Waals surface area contributed by atoms with E-state index in [4.69, 9.17) is 21.1 Å². The zero-order chi connectivity index (χ0) is 23.5. The molecule has 1 aromatic rings. The summed E-state index contributed by atoms with van der Waals surface area (Å²) < 4.78 is 24.8. The standard InChI is InChI=1S/C25H34ClFO5/c1-17(2)32-25(30)11-6-4-3-5-10-21-22(24(29)15-23(21)28)13-12-19(27)16-31-20-9-7-8-18(26)14-20/h3,5,7-9,12-14,17,19,21-24,28-29H,4,6,10-11,15-16H2,1-2H3/b5-3-,13-12+/t19-,21+,22+,23-,24+/m0/s1. The zero-order valence-electron chi connectivity index (χ0n) is 18.7. The highest BCUT2D eigenvalue weighted by Gasteiger charge is 2.39. The molecule has 0 aromatic heterocycles. The Bertz CT molecular complexity index is 766. The third-order valence-electron chi connectivity index (χ3n) is 5.36. The second-order valence-corrected chi connectivity index (χ2v) is 8.86. The molecule has 0 heterocycles. The fourth-order valence-corrected chi connectivity index (χ4v) is 3.98. The molecule has 32 heavy (non-hydrogen) atoms. The van der Waals surface area contributed by atoms with Crippen molar-refractivity contribution in [3.8, 4) is 5.75 Å². The van der Waals surface area contributed by atoms with E-state index in [1.807, 2.05) is 26.0 Å². The fourth-order valence-electron chi connectivity index (χ4n) is 3.80. The maximum absolute atomic E-state index is 14.3. The molecule has 1 aliphatic carbocycles. The lowest BCUT2D eigenvalue weighted by Gasteiger charge is -2.19. The van der Waals surface area contributed by atoms with Crippen molar-refractivity contribution >= 4 is 17.6 Å². The van der Waals surface area contributed by atoms with Crippen LogP contribution in [0.4, 0.5) is 4.39 Å². The highest BCUT2D eigenvalue weighted by molar-refractivity contribution is 6.30. The molecule has 5 nitrogen and oxygen atoms in total. The van der Waals surface area contributed by atoms with Crippen molar-refractivity contribution in [3.05, 3.63) is 53.6 Å². The summed E-state index contributed by atoms with van der Waals surface area (Å²) in [4.78, 5) is 11.5. The molecule has 2 N–H and O–H groups in total. The van der Waals surface area contributed by atoms with Crippen LogP contribution in [0.3, 0.4) is 0 Å². The van der Waals surface area contributed by atoms with E-state index in [9.17, 15) is 19.4 Å². The summed E-state index contributed by atoms with van der Waals surface area (Å²) in [5.74, 6) is -0.233. The molecule has 7 heteroatoms. The van der Waals surface area contributed by atoms with Gasteiger partial charge in [0.2, 0.25) is 0 Å². The molecule has 178 valence electrons. The molecule has 0 radical (unpaired) electrons.